The zero-order valence-electron chi connectivity index (χ0n) is 12.0. The van der Waals surface area contributed by atoms with Crippen molar-refractivity contribution in [3.8, 4) is 0 Å². The van der Waals surface area contributed by atoms with Gasteiger partial charge in [-0.3, -0.25) is 4.68 Å². The Kier molecular flexibility index (Phi) is 4.73. The summed E-state index contributed by atoms with van der Waals surface area (Å²) in [4.78, 5) is 0. The molecule has 1 N–H and O–H groups in total. The maximum Gasteiger partial charge on any atom is 0.391 e. The van der Waals surface area contributed by atoms with Crippen LogP contribution in [0.3, 0.4) is 0 Å². The van der Waals surface area contributed by atoms with Crippen LogP contribution in [0.2, 0.25) is 0 Å². The van der Waals surface area contributed by atoms with Gasteiger partial charge in [0.2, 0.25) is 0 Å². The van der Waals surface area contributed by atoms with E-state index in [9.17, 15) is 13.2 Å². The molecule has 0 aliphatic heterocycles. The lowest BCUT2D eigenvalue weighted by Crippen LogP contribution is -2.38. The molecule has 1 aromatic heterocycles. The van der Waals surface area contributed by atoms with Crippen molar-refractivity contribution in [3.63, 3.8) is 0 Å². The second-order valence-electron chi connectivity index (χ2n) is 5.61. The minimum Gasteiger partial charge on any atom is -0.310 e. The fourth-order valence-electron chi connectivity index (χ4n) is 2.96. The van der Waals surface area contributed by atoms with Crippen LogP contribution in [-0.4, -0.2) is 22.0 Å². The van der Waals surface area contributed by atoms with Crippen molar-refractivity contribution in [3.05, 3.63) is 17.5 Å². The van der Waals surface area contributed by atoms with E-state index in [2.05, 4.69) is 10.4 Å². The maximum atomic E-state index is 12.8. The number of rotatable bonds is 4. The summed E-state index contributed by atoms with van der Waals surface area (Å²) in [6.07, 6.45) is 0.677. The highest BCUT2D eigenvalue weighted by molar-refractivity contribution is 5.16. The number of hydrogen-bond acceptors (Lipinski definition) is 2. The van der Waals surface area contributed by atoms with Crippen molar-refractivity contribution in [2.45, 2.75) is 57.8 Å². The summed E-state index contributed by atoms with van der Waals surface area (Å²) in [7, 11) is 1.86. The Labute approximate surface area is 117 Å². The van der Waals surface area contributed by atoms with Crippen LogP contribution >= 0.6 is 0 Å². The van der Waals surface area contributed by atoms with Crippen LogP contribution in [-0.2, 0) is 20.0 Å². The van der Waals surface area contributed by atoms with Gasteiger partial charge in [0.05, 0.1) is 11.6 Å². The van der Waals surface area contributed by atoms with Crippen LogP contribution in [0.25, 0.3) is 0 Å². The van der Waals surface area contributed by atoms with Gasteiger partial charge in [-0.05, 0) is 25.7 Å². The number of nitrogens with zero attached hydrogens (tertiary/aromatic N) is 2. The van der Waals surface area contributed by atoms with Crippen LogP contribution in [0.1, 0.15) is 43.9 Å². The van der Waals surface area contributed by atoms with Crippen LogP contribution in [0, 0.1) is 5.92 Å². The Morgan fingerprint density at radius 3 is 2.80 bits per heavy atom. The van der Waals surface area contributed by atoms with Gasteiger partial charge >= 0.3 is 6.18 Å². The summed E-state index contributed by atoms with van der Waals surface area (Å²) in [5.41, 5.74) is 2.10. The van der Waals surface area contributed by atoms with E-state index in [1.165, 1.54) is 0 Å². The molecule has 1 heterocycles. The molecule has 1 aliphatic carbocycles. The summed E-state index contributed by atoms with van der Waals surface area (Å²) in [5, 5.41) is 7.62. The molecule has 0 aromatic carbocycles. The molecule has 2 unspecified atom stereocenters. The van der Waals surface area contributed by atoms with Gasteiger partial charge in [-0.25, -0.2) is 0 Å². The van der Waals surface area contributed by atoms with Gasteiger partial charge in [-0.1, -0.05) is 13.3 Å². The summed E-state index contributed by atoms with van der Waals surface area (Å²) in [5.74, 6) is -1.15. The monoisotopic (exact) mass is 289 g/mol. The lowest BCUT2D eigenvalue weighted by atomic mass is 9.85. The predicted molar refractivity (Wildman–Crippen MR) is 71.2 cm³/mol. The fourth-order valence-corrected chi connectivity index (χ4v) is 2.96. The molecule has 1 saturated carbocycles. The molecule has 1 aromatic rings. The van der Waals surface area contributed by atoms with Crippen molar-refractivity contribution in [1.82, 2.24) is 15.1 Å². The Balaban J connectivity index is 1.90. The van der Waals surface area contributed by atoms with Crippen LogP contribution in [0.5, 0.6) is 0 Å². The van der Waals surface area contributed by atoms with Crippen molar-refractivity contribution in [2.24, 2.45) is 13.0 Å². The Morgan fingerprint density at radius 2 is 2.15 bits per heavy atom. The van der Waals surface area contributed by atoms with Crippen molar-refractivity contribution in [2.75, 3.05) is 0 Å². The molecule has 2 atom stereocenters. The molecule has 0 radical (unpaired) electrons. The molecule has 0 bridgehead atoms. The fraction of sp³-hybridized carbons (Fsp3) is 0.786. The number of aromatic nitrogens is 2. The first-order valence-corrected chi connectivity index (χ1v) is 7.21. The van der Waals surface area contributed by atoms with Crippen molar-refractivity contribution < 1.29 is 13.2 Å². The zero-order chi connectivity index (χ0) is 14.8. The molecule has 0 saturated heterocycles. The molecule has 6 heteroatoms. The first kappa shape index (κ1) is 15.4. The van der Waals surface area contributed by atoms with E-state index in [1.807, 2.05) is 20.2 Å². The molecule has 0 spiro atoms. The Bertz CT molecular complexity index is 439. The molecule has 1 fully saturated rings. The molecular formula is C14H22F3N3. The molecule has 3 nitrogen and oxygen atoms in total. The van der Waals surface area contributed by atoms with E-state index in [0.29, 0.717) is 13.0 Å². The van der Waals surface area contributed by atoms with Gasteiger partial charge in [0.25, 0.3) is 0 Å². The lowest BCUT2D eigenvalue weighted by molar-refractivity contribution is -0.183. The normalized spacial score (nSPS) is 24.1. The Hall–Kier alpha value is -1.04. The zero-order valence-corrected chi connectivity index (χ0v) is 12.0. The van der Waals surface area contributed by atoms with E-state index < -0.39 is 12.1 Å². The number of hydrogen-bond donors (Lipinski definition) is 1. The average Bonchev–Trinajstić information content (AvgIpc) is 2.76. The summed E-state index contributed by atoms with van der Waals surface area (Å²) in [6, 6.07) is -0.0414. The third-order valence-corrected chi connectivity index (χ3v) is 4.04. The van der Waals surface area contributed by atoms with Crippen molar-refractivity contribution >= 4 is 0 Å². The van der Waals surface area contributed by atoms with E-state index in [-0.39, 0.29) is 18.9 Å². The summed E-state index contributed by atoms with van der Waals surface area (Å²) in [6.45, 7) is 2.64. The molecule has 1 aliphatic rings. The van der Waals surface area contributed by atoms with E-state index in [1.54, 1.807) is 4.68 Å². The highest BCUT2D eigenvalue weighted by atomic mass is 19.4. The standard InChI is InChI=1S/C14H22F3N3/c1-3-13-10(9-20(2)19-13)8-18-12-6-4-5-11(7-12)14(15,16)17/h9,11-12,18H,3-8H2,1-2H3. The smallest absolute Gasteiger partial charge is 0.310 e. The van der Waals surface area contributed by atoms with Crippen LogP contribution in [0.4, 0.5) is 13.2 Å². The van der Waals surface area contributed by atoms with Crippen LogP contribution in [0.15, 0.2) is 6.20 Å². The van der Waals surface area contributed by atoms with E-state index in [0.717, 1.165) is 24.1 Å². The van der Waals surface area contributed by atoms with Crippen LogP contribution < -0.4 is 5.32 Å². The molecule has 114 valence electrons. The number of alkyl halides is 3. The van der Waals surface area contributed by atoms with Gasteiger partial charge < -0.3 is 5.32 Å². The van der Waals surface area contributed by atoms with Gasteiger partial charge in [0.15, 0.2) is 0 Å². The second kappa shape index (κ2) is 6.16. The van der Waals surface area contributed by atoms with E-state index in [4.69, 9.17) is 0 Å². The lowest BCUT2D eigenvalue weighted by Gasteiger charge is -2.31. The summed E-state index contributed by atoms with van der Waals surface area (Å²) >= 11 is 0. The van der Waals surface area contributed by atoms with Crippen molar-refractivity contribution in [1.29, 1.82) is 0 Å². The van der Waals surface area contributed by atoms with Gasteiger partial charge in [-0.15, -0.1) is 0 Å². The van der Waals surface area contributed by atoms with Gasteiger partial charge in [-0.2, -0.15) is 18.3 Å². The quantitative estimate of drug-likeness (QED) is 0.922. The Morgan fingerprint density at radius 1 is 1.40 bits per heavy atom. The number of halogens is 3. The average molecular weight is 289 g/mol. The maximum absolute atomic E-state index is 12.8. The first-order valence-electron chi connectivity index (χ1n) is 7.21. The SMILES string of the molecule is CCc1nn(C)cc1CNC1CCCC(C(F)(F)F)C1. The highest BCUT2D eigenvalue weighted by Gasteiger charge is 2.41. The molecule has 0 amide bonds. The second-order valence-corrected chi connectivity index (χ2v) is 5.61. The largest absolute Gasteiger partial charge is 0.391 e. The first-order chi connectivity index (χ1) is 9.40. The third-order valence-electron chi connectivity index (χ3n) is 4.04. The third kappa shape index (κ3) is 3.75. The summed E-state index contributed by atoms with van der Waals surface area (Å²) < 4.78 is 40.0. The van der Waals surface area contributed by atoms with Gasteiger partial charge in [0, 0.05) is 31.4 Å². The predicted octanol–water partition coefficient (Wildman–Crippen LogP) is 3.19. The minimum absolute atomic E-state index is 0.0414. The number of aryl methyl sites for hydroxylation is 2. The van der Waals surface area contributed by atoms with E-state index >= 15 is 0 Å². The highest BCUT2D eigenvalue weighted by Crippen LogP contribution is 2.37. The minimum atomic E-state index is -4.05. The number of nitrogens with one attached hydrogen (secondary N) is 1. The molecule has 20 heavy (non-hydrogen) atoms. The van der Waals surface area contributed by atoms with Gasteiger partial charge in [0.1, 0.15) is 0 Å². The molecular weight excluding hydrogens is 267 g/mol. The topological polar surface area (TPSA) is 29.9 Å². The molecule has 2 rings (SSSR count).